The fourth-order valence-electron chi connectivity index (χ4n) is 3.14. The molecule has 1 unspecified atom stereocenters. The molecular formula is C23H32N2O4. The molecule has 0 heterocycles. The van der Waals surface area contributed by atoms with Crippen LogP contribution in [0.15, 0.2) is 42.5 Å². The van der Waals surface area contributed by atoms with E-state index in [9.17, 15) is 4.79 Å². The Hall–Kier alpha value is -2.89. The molecular weight excluding hydrogens is 368 g/mol. The van der Waals surface area contributed by atoms with Gasteiger partial charge in [-0.05, 0) is 48.7 Å². The number of rotatable bonds is 9. The molecule has 1 atom stereocenters. The number of carbonyl (C=O) groups is 1. The van der Waals surface area contributed by atoms with Crippen molar-refractivity contribution in [3.05, 3.63) is 53.6 Å². The summed E-state index contributed by atoms with van der Waals surface area (Å²) in [6, 6.07) is 13.5. The van der Waals surface area contributed by atoms with E-state index in [4.69, 9.17) is 14.2 Å². The van der Waals surface area contributed by atoms with Crippen LogP contribution in [-0.4, -0.2) is 39.9 Å². The quantitative estimate of drug-likeness (QED) is 0.669. The van der Waals surface area contributed by atoms with Gasteiger partial charge in [0.25, 0.3) is 0 Å². The lowest BCUT2D eigenvalue weighted by Gasteiger charge is -2.27. The van der Waals surface area contributed by atoms with E-state index < -0.39 is 0 Å². The molecule has 0 bridgehead atoms. The Morgan fingerprint density at radius 2 is 1.72 bits per heavy atom. The third-order valence-corrected chi connectivity index (χ3v) is 4.91. The van der Waals surface area contributed by atoms with Crippen LogP contribution < -0.4 is 24.8 Å². The largest absolute Gasteiger partial charge is 0.497 e. The van der Waals surface area contributed by atoms with Crippen LogP contribution >= 0.6 is 0 Å². The van der Waals surface area contributed by atoms with E-state index in [1.807, 2.05) is 49.4 Å². The summed E-state index contributed by atoms with van der Waals surface area (Å²) in [5.74, 6) is 2.18. The van der Waals surface area contributed by atoms with Crippen molar-refractivity contribution < 1.29 is 19.0 Å². The van der Waals surface area contributed by atoms with Gasteiger partial charge in [0.15, 0.2) is 11.5 Å². The number of hydrogen-bond acceptors (Lipinski definition) is 4. The van der Waals surface area contributed by atoms with Gasteiger partial charge in [0.2, 0.25) is 0 Å². The van der Waals surface area contributed by atoms with Crippen LogP contribution in [0.25, 0.3) is 0 Å². The molecule has 0 radical (unpaired) electrons. The molecule has 0 fully saturated rings. The van der Waals surface area contributed by atoms with Crippen molar-refractivity contribution in [3.63, 3.8) is 0 Å². The van der Waals surface area contributed by atoms with Crippen molar-refractivity contribution in [2.24, 2.45) is 0 Å². The summed E-state index contributed by atoms with van der Waals surface area (Å²) in [5, 5.41) is 5.98. The van der Waals surface area contributed by atoms with Gasteiger partial charge in [-0.15, -0.1) is 0 Å². The molecule has 2 aromatic rings. The fourth-order valence-corrected chi connectivity index (χ4v) is 3.14. The highest BCUT2D eigenvalue weighted by Crippen LogP contribution is 2.32. The van der Waals surface area contributed by atoms with Gasteiger partial charge in [0.1, 0.15) is 5.75 Å². The smallest absolute Gasteiger partial charge is 0.315 e. The molecule has 2 rings (SSSR count). The second-order valence-electron chi connectivity index (χ2n) is 7.74. The Kier molecular flexibility index (Phi) is 7.76. The predicted molar refractivity (Wildman–Crippen MR) is 115 cm³/mol. The van der Waals surface area contributed by atoms with E-state index >= 15 is 0 Å². The zero-order valence-corrected chi connectivity index (χ0v) is 18.2. The summed E-state index contributed by atoms with van der Waals surface area (Å²) in [4.78, 5) is 12.4. The molecule has 6 nitrogen and oxygen atoms in total. The molecule has 0 aromatic heterocycles. The van der Waals surface area contributed by atoms with Gasteiger partial charge in [-0.25, -0.2) is 4.79 Å². The molecule has 2 N–H and O–H groups in total. The summed E-state index contributed by atoms with van der Waals surface area (Å²) in [5.41, 5.74) is 1.90. The topological polar surface area (TPSA) is 68.8 Å². The van der Waals surface area contributed by atoms with E-state index in [0.717, 1.165) is 23.3 Å². The molecule has 2 aromatic carbocycles. The van der Waals surface area contributed by atoms with Gasteiger partial charge in [-0.3, -0.25) is 0 Å². The number of nitrogens with one attached hydrogen (secondary N) is 2. The highest BCUT2D eigenvalue weighted by Gasteiger charge is 2.23. The zero-order chi connectivity index (χ0) is 21.4. The lowest BCUT2D eigenvalue weighted by molar-refractivity contribution is 0.235. The van der Waals surface area contributed by atoms with E-state index in [0.29, 0.717) is 18.0 Å². The second-order valence-corrected chi connectivity index (χ2v) is 7.74. The van der Waals surface area contributed by atoms with Gasteiger partial charge in [0, 0.05) is 18.0 Å². The van der Waals surface area contributed by atoms with Crippen LogP contribution in [-0.2, 0) is 11.8 Å². The van der Waals surface area contributed by atoms with E-state index in [1.165, 1.54) is 0 Å². The van der Waals surface area contributed by atoms with Gasteiger partial charge >= 0.3 is 6.03 Å². The van der Waals surface area contributed by atoms with E-state index in [1.54, 1.807) is 21.3 Å². The van der Waals surface area contributed by atoms with Crippen LogP contribution in [0.2, 0.25) is 0 Å². The summed E-state index contributed by atoms with van der Waals surface area (Å²) >= 11 is 0. The standard InChI is InChI=1S/C23H32N2O4/c1-16(12-17-8-7-9-19(13-17)27-4)25-22(26)24-15-23(2,3)18-10-11-20(28-5)21(14-18)29-6/h7-11,13-14,16H,12,15H2,1-6H3,(H2,24,25,26). The maximum absolute atomic E-state index is 12.4. The Bertz CT molecular complexity index is 820. The maximum Gasteiger partial charge on any atom is 0.315 e. The highest BCUT2D eigenvalue weighted by molar-refractivity contribution is 5.74. The van der Waals surface area contributed by atoms with Gasteiger partial charge in [-0.1, -0.05) is 32.0 Å². The first kappa shape index (κ1) is 22.4. The number of urea groups is 1. The normalized spacial score (nSPS) is 12.1. The monoisotopic (exact) mass is 400 g/mol. The molecule has 6 heteroatoms. The molecule has 0 aliphatic carbocycles. The number of methoxy groups -OCH3 is 3. The van der Waals surface area contributed by atoms with Gasteiger partial charge in [-0.2, -0.15) is 0 Å². The van der Waals surface area contributed by atoms with Crippen LogP contribution in [0, 0.1) is 0 Å². The third kappa shape index (κ3) is 6.31. The number of hydrogen-bond donors (Lipinski definition) is 2. The molecule has 0 spiro atoms. The molecule has 0 saturated carbocycles. The highest BCUT2D eigenvalue weighted by atomic mass is 16.5. The fraction of sp³-hybridized carbons (Fsp3) is 0.435. The first-order chi connectivity index (χ1) is 13.8. The minimum atomic E-state index is -0.271. The summed E-state index contributed by atoms with van der Waals surface area (Å²) in [7, 11) is 4.87. The molecule has 0 aliphatic rings. The van der Waals surface area contributed by atoms with Crippen molar-refractivity contribution in [1.29, 1.82) is 0 Å². The number of amides is 2. The average Bonchev–Trinajstić information content (AvgIpc) is 2.71. The predicted octanol–water partition coefficient (Wildman–Crippen LogP) is 3.92. The van der Waals surface area contributed by atoms with Crippen molar-refractivity contribution in [3.8, 4) is 17.2 Å². The summed E-state index contributed by atoms with van der Waals surface area (Å²) in [6.45, 7) is 6.63. The summed E-state index contributed by atoms with van der Waals surface area (Å²) < 4.78 is 15.9. The average molecular weight is 401 g/mol. The SMILES string of the molecule is COc1cccc(CC(C)NC(=O)NCC(C)(C)c2ccc(OC)c(OC)c2)c1. The first-order valence-corrected chi connectivity index (χ1v) is 9.69. The van der Waals surface area contributed by atoms with Gasteiger partial charge in [0.05, 0.1) is 21.3 Å². The van der Waals surface area contributed by atoms with Crippen LogP contribution in [0.5, 0.6) is 17.2 Å². The number of ether oxygens (including phenoxy) is 3. The van der Waals surface area contributed by atoms with Crippen molar-refractivity contribution in [2.75, 3.05) is 27.9 Å². The minimum Gasteiger partial charge on any atom is -0.497 e. The maximum atomic E-state index is 12.4. The van der Waals surface area contributed by atoms with Gasteiger partial charge < -0.3 is 24.8 Å². The minimum absolute atomic E-state index is 0.00806. The Morgan fingerprint density at radius 3 is 2.38 bits per heavy atom. The molecule has 2 amide bonds. The molecule has 0 saturated heterocycles. The molecule has 0 aliphatic heterocycles. The van der Waals surface area contributed by atoms with Crippen LogP contribution in [0.1, 0.15) is 31.9 Å². The van der Waals surface area contributed by atoms with Crippen molar-refractivity contribution >= 4 is 6.03 Å². The van der Waals surface area contributed by atoms with E-state index in [2.05, 4.69) is 24.5 Å². The lowest BCUT2D eigenvalue weighted by Crippen LogP contribution is -2.45. The van der Waals surface area contributed by atoms with Crippen molar-refractivity contribution in [2.45, 2.75) is 38.6 Å². The Balaban J connectivity index is 1.91. The van der Waals surface area contributed by atoms with Crippen molar-refractivity contribution in [1.82, 2.24) is 10.6 Å². The van der Waals surface area contributed by atoms with E-state index in [-0.39, 0.29) is 17.5 Å². The first-order valence-electron chi connectivity index (χ1n) is 9.69. The molecule has 158 valence electrons. The van der Waals surface area contributed by atoms with Crippen LogP contribution in [0.4, 0.5) is 4.79 Å². The third-order valence-electron chi connectivity index (χ3n) is 4.91. The van der Waals surface area contributed by atoms with Crippen LogP contribution in [0.3, 0.4) is 0 Å². The lowest BCUT2D eigenvalue weighted by atomic mass is 9.84. The number of carbonyl (C=O) groups excluding carboxylic acids is 1. The zero-order valence-electron chi connectivity index (χ0n) is 18.2. The second kappa shape index (κ2) is 10.0. The molecule has 29 heavy (non-hydrogen) atoms. The Labute approximate surface area is 173 Å². The summed E-state index contributed by atoms with van der Waals surface area (Å²) in [6.07, 6.45) is 0.726. The Morgan fingerprint density at radius 1 is 1.00 bits per heavy atom. The number of benzene rings is 2.